The van der Waals surface area contributed by atoms with E-state index >= 15 is 4.39 Å². The second-order valence-electron chi connectivity index (χ2n) is 14.6. The third kappa shape index (κ3) is 8.07. The van der Waals surface area contributed by atoms with Crippen LogP contribution in [0.1, 0.15) is 82.4 Å². The molecular weight excluding hydrogens is 657 g/mol. The lowest BCUT2D eigenvalue weighted by Gasteiger charge is -2.44. The lowest BCUT2D eigenvalue weighted by Crippen LogP contribution is -2.60. The number of halogens is 2. The van der Waals surface area contributed by atoms with Gasteiger partial charge in [0.15, 0.2) is 5.78 Å². The van der Waals surface area contributed by atoms with Gasteiger partial charge in [-0.1, -0.05) is 35.9 Å². The molecule has 4 atom stereocenters. The summed E-state index contributed by atoms with van der Waals surface area (Å²) in [4.78, 5) is 28.9. The van der Waals surface area contributed by atoms with Crippen LogP contribution in [-0.4, -0.2) is 85.3 Å². The maximum absolute atomic E-state index is 15.5. The zero-order valence-electron chi connectivity index (χ0n) is 28.4. The molecule has 0 aromatic heterocycles. The van der Waals surface area contributed by atoms with Crippen molar-refractivity contribution in [2.45, 2.75) is 114 Å². The second-order valence-corrected chi connectivity index (χ2v) is 17.1. The molecule has 1 amide bonds. The van der Waals surface area contributed by atoms with Crippen molar-refractivity contribution in [3.8, 4) is 0 Å². The molecule has 2 bridgehead atoms. The maximum atomic E-state index is 15.5. The highest BCUT2D eigenvalue weighted by Gasteiger charge is 2.46. The number of hydrogen-bond donors (Lipinski definition) is 1. The Morgan fingerprint density at radius 1 is 1.08 bits per heavy atom. The van der Waals surface area contributed by atoms with Gasteiger partial charge in [-0.15, -0.1) is 0 Å². The molecule has 48 heavy (non-hydrogen) atoms. The van der Waals surface area contributed by atoms with Crippen molar-refractivity contribution in [1.82, 2.24) is 9.21 Å². The summed E-state index contributed by atoms with van der Waals surface area (Å²) in [5.41, 5.74) is 7.38. The molecule has 2 N–H and O–H groups in total. The Hall–Kier alpha value is -2.57. The molecular formula is C36H49ClFN3O6S. The van der Waals surface area contributed by atoms with Gasteiger partial charge >= 0.3 is 6.09 Å². The minimum atomic E-state index is -3.56. The first-order valence-electron chi connectivity index (χ1n) is 17.0. The molecule has 3 fully saturated rings. The molecule has 5 rings (SSSR count). The summed E-state index contributed by atoms with van der Waals surface area (Å²) in [6.07, 6.45) is 3.86. The molecule has 2 aromatic carbocycles. The standard InChI is InChI=1S/C36H49ClFN3O6S/c1-35(2,3)47-34(43)40-22-28(41-23-27(40)8-6-20-48(41,44)45)14-15-30-24(7-5-9-31(30)38)21-32(42)33(39)36(18-16-29(46-4)17-19-36)25-10-12-26(37)13-11-25/h5,7,9-13,27-29,33H,6,8,14-23,39H2,1-4H3/t27-,28+,29?,33-,36?/m1/s1. The van der Waals surface area contributed by atoms with E-state index in [4.69, 9.17) is 26.8 Å². The number of sulfonamides is 1. The van der Waals surface area contributed by atoms with Crippen LogP contribution >= 0.6 is 11.6 Å². The van der Waals surface area contributed by atoms with Crippen molar-refractivity contribution in [2.75, 3.05) is 26.0 Å². The fourth-order valence-corrected chi connectivity index (χ4v) is 9.69. The fraction of sp³-hybridized carbons (Fsp3) is 0.611. The summed E-state index contributed by atoms with van der Waals surface area (Å²) < 4.78 is 54.9. The lowest BCUT2D eigenvalue weighted by molar-refractivity contribution is -0.122. The van der Waals surface area contributed by atoms with Gasteiger partial charge in [0.1, 0.15) is 11.4 Å². The molecule has 2 heterocycles. The molecule has 1 saturated carbocycles. The number of carbonyl (C=O) groups excluding carboxylic acids is 2. The zero-order valence-corrected chi connectivity index (χ0v) is 30.0. The number of carbonyl (C=O) groups is 2. The Balaban J connectivity index is 1.37. The van der Waals surface area contributed by atoms with Crippen molar-refractivity contribution in [1.29, 1.82) is 0 Å². The van der Waals surface area contributed by atoms with Crippen molar-refractivity contribution >= 4 is 33.5 Å². The van der Waals surface area contributed by atoms with Crippen LogP contribution in [0.4, 0.5) is 9.18 Å². The Kier molecular flexibility index (Phi) is 11.3. The molecule has 264 valence electrons. The number of nitrogens with two attached hydrogens (primary N) is 1. The van der Waals surface area contributed by atoms with Gasteiger partial charge in [0, 0.05) is 49.1 Å². The number of amides is 1. The molecule has 12 heteroatoms. The van der Waals surface area contributed by atoms with Crippen LogP contribution in [0.3, 0.4) is 0 Å². The van der Waals surface area contributed by atoms with Crippen LogP contribution in [-0.2, 0) is 42.5 Å². The van der Waals surface area contributed by atoms with E-state index < -0.39 is 45.0 Å². The lowest BCUT2D eigenvalue weighted by atomic mass is 9.63. The van der Waals surface area contributed by atoms with Crippen LogP contribution in [0.15, 0.2) is 42.5 Å². The van der Waals surface area contributed by atoms with Crippen molar-refractivity contribution < 1.29 is 31.9 Å². The molecule has 3 aliphatic rings. The first-order valence-corrected chi connectivity index (χ1v) is 18.9. The third-order valence-corrected chi connectivity index (χ3v) is 12.6. The van der Waals surface area contributed by atoms with E-state index in [2.05, 4.69) is 0 Å². The number of ketones is 1. The number of hydrogen-bond acceptors (Lipinski definition) is 7. The number of fused-ring (bicyclic) bond motifs is 2. The molecule has 2 aliphatic heterocycles. The Bertz CT molecular complexity index is 1570. The van der Waals surface area contributed by atoms with Gasteiger partial charge in [-0.05, 0) is 107 Å². The number of methoxy groups -OCH3 is 1. The van der Waals surface area contributed by atoms with Gasteiger partial charge in [-0.2, -0.15) is 4.31 Å². The van der Waals surface area contributed by atoms with Gasteiger partial charge in [-0.3, -0.25) is 4.79 Å². The summed E-state index contributed by atoms with van der Waals surface area (Å²) in [7, 11) is -1.87. The summed E-state index contributed by atoms with van der Waals surface area (Å²) in [5.74, 6) is -0.655. The molecule has 2 saturated heterocycles. The first kappa shape index (κ1) is 36.7. The van der Waals surface area contributed by atoms with Crippen LogP contribution in [0.5, 0.6) is 0 Å². The molecule has 1 unspecified atom stereocenters. The number of rotatable bonds is 9. The van der Waals surface area contributed by atoms with Crippen molar-refractivity contribution in [3.05, 3.63) is 70.0 Å². The molecule has 1 aliphatic carbocycles. The normalized spacial score (nSPS) is 27.9. The van der Waals surface area contributed by atoms with E-state index in [0.29, 0.717) is 41.8 Å². The molecule has 2 aromatic rings. The Labute approximate surface area is 289 Å². The number of Topliss-reactive ketones (excluding diaryl/α,β-unsaturated/α-hetero) is 1. The highest BCUT2D eigenvalue weighted by Crippen LogP contribution is 2.43. The minimum Gasteiger partial charge on any atom is -0.444 e. The van der Waals surface area contributed by atoms with Gasteiger partial charge in [0.25, 0.3) is 0 Å². The monoisotopic (exact) mass is 705 g/mol. The van der Waals surface area contributed by atoms with Crippen LogP contribution in [0, 0.1) is 5.82 Å². The average Bonchev–Trinajstić information content (AvgIpc) is 3.16. The summed E-state index contributed by atoms with van der Waals surface area (Å²) in [6, 6.07) is 10.5. The van der Waals surface area contributed by atoms with Gasteiger partial charge in [-0.25, -0.2) is 17.6 Å². The number of benzene rings is 2. The predicted octanol–water partition coefficient (Wildman–Crippen LogP) is 5.79. The summed E-state index contributed by atoms with van der Waals surface area (Å²) >= 11 is 6.19. The maximum Gasteiger partial charge on any atom is 0.410 e. The summed E-state index contributed by atoms with van der Waals surface area (Å²) in [5, 5.41) is 0.597. The molecule has 0 radical (unpaired) electrons. The highest BCUT2D eigenvalue weighted by molar-refractivity contribution is 7.89. The van der Waals surface area contributed by atoms with Crippen LogP contribution in [0.25, 0.3) is 0 Å². The second kappa shape index (κ2) is 14.7. The third-order valence-electron chi connectivity index (χ3n) is 10.4. The van der Waals surface area contributed by atoms with Gasteiger partial charge < -0.3 is 20.1 Å². The average molecular weight is 706 g/mol. The van der Waals surface area contributed by atoms with Gasteiger partial charge in [0.05, 0.1) is 17.9 Å². The molecule has 0 spiro atoms. The topological polar surface area (TPSA) is 119 Å². The number of ether oxygens (including phenoxy) is 2. The molecule has 9 nitrogen and oxygen atoms in total. The number of piperazine rings is 1. The highest BCUT2D eigenvalue weighted by atomic mass is 35.5. The SMILES string of the molecule is COC1CCC(c2ccc(Cl)cc2)([C@H](N)C(=O)Cc2cccc(F)c2CC[C@H]2CN(C(=O)OC(C)(C)C)[C@@H]3CCCS(=O)(=O)N2C3)CC1. The van der Waals surface area contributed by atoms with E-state index in [-0.39, 0.29) is 56.0 Å². The van der Waals surface area contributed by atoms with E-state index in [1.807, 2.05) is 24.3 Å². The quantitative estimate of drug-likeness (QED) is 0.351. The predicted molar refractivity (Wildman–Crippen MR) is 184 cm³/mol. The van der Waals surface area contributed by atoms with E-state index in [1.165, 1.54) is 10.4 Å². The van der Waals surface area contributed by atoms with Crippen LogP contribution in [0.2, 0.25) is 5.02 Å². The number of nitrogens with zero attached hydrogens (tertiary/aromatic N) is 2. The largest absolute Gasteiger partial charge is 0.444 e. The van der Waals surface area contributed by atoms with E-state index in [0.717, 1.165) is 18.4 Å². The van der Waals surface area contributed by atoms with Gasteiger partial charge in [0.2, 0.25) is 10.0 Å². The van der Waals surface area contributed by atoms with E-state index in [1.54, 1.807) is 44.9 Å². The van der Waals surface area contributed by atoms with Crippen molar-refractivity contribution in [3.63, 3.8) is 0 Å². The smallest absolute Gasteiger partial charge is 0.410 e. The Morgan fingerprint density at radius 3 is 2.42 bits per heavy atom. The minimum absolute atomic E-state index is 0.00000589. The van der Waals surface area contributed by atoms with Crippen LogP contribution < -0.4 is 5.73 Å². The first-order chi connectivity index (χ1) is 22.6. The van der Waals surface area contributed by atoms with Crippen molar-refractivity contribution in [2.24, 2.45) is 5.73 Å². The fourth-order valence-electron chi connectivity index (χ4n) is 7.78. The Morgan fingerprint density at radius 2 is 1.77 bits per heavy atom. The summed E-state index contributed by atoms with van der Waals surface area (Å²) in [6.45, 7) is 5.72. The van der Waals surface area contributed by atoms with E-state index in [9.17, 15) is 18.0 Å². The zero-order chi connectivity index (χ0) is 34.9.